The lowest BCUT2D eigenvalue weighted by atomic mass is 10.3. The number of anilines is 1. The molecule has 1 saturated carbocycles. The minimum atomic E-state index is -3.40. The number of hydrogen-bond donors (Lipinski definition) is 2. The number of hydrogen-bond acceptors (Lipinski definition) is 3. The van der Waals surface area contributed by atoms with E-state index in [1.165, 1.54) is 0 Å². The molecule has 0 saturated heterocycles. The van der Waals surface area contributed by atoms with Gasteiger partial charge in [0, 0.05) is 12.6 Å². The van der Waals surface area contributed by atoms with Gasteiger partial charge in [-0.25, -0.2) is 13.1 Å². The molecule has 1 aliphatic rings. The van der Waals surface area contributed by atoms with Crippen LogP contribution in [0.5, 0.6) is 0 Å². The maximum Gasteiger partial charge on any atom is 0.242 e. The normalized spacial score (nSPS) is 22.8. The number of para-hydroxylation sites is 1. The van der Waals surface area contributed by atoms with Crippen molar-refractivity contribution in [3.05, 3.63) is 24.3 Å². The molecule has 0 aromatic heterocycles. The van der Waals surface area contributed by atoms with E-state index in [1.807, 2.05) is 13.0 Å². The number of sulfonamides is 1. The van der Waals surface area contributed by atoms with Crippen LogP contribution in [-0.2, 0) is 10.0 Å². The lowest BCUT2D eigenvalue weighted by Crippen LogP contribution is -2.27. The monoisotopic (exact) mass is 268 g/mol. The molecule has 1 aromatic carbocycles. The molecular formula is C13H20N2O2S. The SMILES string of the molecule is CCCNc1ccccc1S(=O)(=O)NC1CC1C. The third-order valence-corrected chi connectivity index (χ3v) is 4.71. The Balaban J connectivity index is 2.20. The summed E-state index contributed by atoms with van der Waals surface area (Å²) >= 11 is 0. The molecule has 2 rings (SSSR count). The van der Waals surface area contributed by atoms with Gasteiger partial charge in [-0.3, -0.25) is 0 Å². The highest BCUT2D eigenvalue weighted by Crippen LogP contribution is 2.31. The van der Waals surface area contributed by atoms with Crippen LogP contribution in [-0.4, -0.2) is 21.0 Å². The molecule has 1 aliphatic carbocycles. The summed E-state index contributed by atoms with van der Waals surface area (Å²) < 4.78 is 27.3. The predicted molar refractivity (Wildman–Crippen MR) is 73.1 cm³/mol. The zero-order valence-corrected chi connectivity index (χ0v) is 11.6. The van der Waals surface area contributed by atoms with Crippen molar-refractivity contribution in [3.8, 4) is 0 Å². The van der Waals surface area contributed by atoms with Gasteiger partial charge < -0.3 is 5.32 Å². The third-order valence-electron chi connectivity index (χ3n) is 3.16. The predicted octanol–water partition coefficient (Wildman–Crippen LogP) is 2.20. The average molecular weight is 268 g/mol. The topological polar surface area (TPSA) is 58.2 Å². The zero-order chi connectivity index (χ0) is 13.2. The van der Waals surface area contributed by atoms with Crippen LogP contribution in [0.4, 0.5) is 5.69 Å². The van der Waals surface area contributed by atoms with Crippen molar-refractivity contribution in [1.82, 2.24) is 4.72 Å². The average Bonchev–Trinajstić information content (AvgIpc) is 3.01. The molecule has 0 radical (unpaired) electrons. The van der Waals surface area contributed by atoms with Crippen LogP contribution in [0.2, 0.25) is 0 Å². The largest absolute Gasteiger partial charge is 0.384 e. The molecule has 2 N–H and O–H groups in total. The Morgan fingerprint density at radius 3 is 2.61 bits per heavy atom. The van der Waals surface area contributed by atoms with Crippen LogP contribution in [0.25, 0.3) is 0 Å². The molecule has 5 heteroatoms. The van der Waals surface area contributed by atoms with Crippen LogP contribution in [0, 0.1) is 5.92 Å². The molecule has 1 fully saturated rings. The summed E-state index contributed by atoms with van der Waals surface area (Å²) in [7, 11) is -3.40. The molecule has 0 aliphatic heterocycles. The maximum absolute atomic E-state index is 12.3. The van der Waals surface area contributed by atoms with Crippen molar-refractivity contribution in [2.75, 3.05) is 11.9 Å². The van der Waals surface area contributed by atoms with E-state index in [2.05, 4.69) is 17.0 Å². The standard InChI is InChI=1S/C13H20N2O2S/c1-3-8-14-11-6-4-5-7-13(11)18(16,17)15-12-9-10(12)2/h4-7,10,12,14-15H,3,8-9H2,1-2H3. The molecule has 0 amide bonds. The molecule has 0 heterocycles. The molecule has 2 atom stereocenters. The van der Waals surface area contributed by atoms with Crippen LogP contribution in [0.15, 0.2) is 29.2 Å². The first kappa shape index (κ1) is 13.4. The van der Waals surface area contributed by atoms with Crippen molar-refractivity contribution in [2.24, 2.45) is 5.92 Å². The van der Waals surface area contributed by atoms with Crippen molar-refractivity contribution in [3.63, 3.8) is 0 Å². The van der Waals surface area contributed by atoms with Crippen LogP contribution >= 0.6 is 0 Å². The highest BCUT2D eigenvalue weighted by molar-refractivity contribution is 7.89. The van der Waals surface area contributed by atoms with E-state index in [0.717, 1.165) is 19.4 Å². The highest BCUT2D eigenvalue weighted by Gasteiger charge is 2.36. The van der Waals surface area contributed by atoms with E-state index in [0.29, 0.717) is 16.5 Å². The summed E-state index contributed by atoms with van der Waals surface area (Å²) in [6.07, 6.45) is 1.89. The third kappa shape index (κ3) is 3.03. The minimum Gasteiger partial charge on any atom is -0.384 e. The van der Waals surface area contributed by atoms with E-state index < -0.39 is 10.0 Å². The molecule has 18 heavy (non-hydrogen) atoms. The summed E-state index contributed by atoms with van der Waals surface area (Å²) in [6, 6.07) is 7.15. The lowest BCUT2D eigenvalue weighted by Gasteiger charge is -2.12. The highest BCUT2D eigenvalue weighted by atomic mass is 32.2. The second-order valence-corrected chi connectivity index (χ2v) is 6.55. The zero-order valence-electron chi connectivity index (χ0n) is 10.8. The van der Waals surface area contributed by atoms with Crippen LogP contribution < -0.4 is 10.0 Å². The maximum atomic E-state index is 12.3. The first-order valence-electron chi connectivity index (χ1n) is 6.40. The van der Waals surface area contributed by atoms with E-state index in [1.54, 1.807) is 18.2 Å². The fourth-order valence-corrected chi connectivity index (χ4v) is 3.40. The van der Waals surface area contributed by atoms with Gasteiger partial charge in [-0.15, -0.1) is 0 Å². The van der Waals surface area contributed by atoms with E-state index in [-0.39, 0.29) is 6.04 Å². The summed E-state index contributed by atoms with van der Waals surface area (Å²) in [5, 5.41) is 3.15. The Morgan fingerprint density at radius 1 is 1.33 bits per heavy atom. The molecule has 100 valence electrons. The van der Waals surface area contributed by atoms with Gasteiger partial charge in [0.1, 0.15) is 4.90 Å². The molecule has 0 bridgehead atoms. The molecular weight excluding hydrogens is 248 g/mol. The fourth-order valence-electron chi connectivity index (χ4n) is 1.86. The summed E-state index contributed by atoms with van der Waals surface area (Å²) in [5.74, 6) is 0.454. The number of rotatable bonds is 6. The summed E-state index contributed by atoms with van der Waals surface area (Å²) in [4.78, 5) is 0.345. The van der Waals surface area contributed by atoms with Gasteiger partial charge in [0.2, 0.25) is 10.0 Å². The van der Waals surface area contributed by atoms with E-state index >= 15 is 0 Å². The molecule has 2 unspecified atom stereocenters. The second kappa shape index (κ2) is 5.28. The molecule has 4 nitrogen and oxygen atoms in total. The Hall–Kier alpha value is -1.07. The Bertz CT molecular complexity index is 513. The first-order valence-corrected chi connectivity index (χ1v) is 7.88. The van der Waals surface area contributed by atoms with Crippen molar-refractivity contribution in [2.45, 2.75) is 37.6 Å². The van der Waals surface area contributed by atoms with Crippen LogP contribution in [0.3, 0.4) is 0 Å². The van der Waals surface area contributed by atoms with Gasteiger partial charge >= 0.3 is 0 Å². The summed E-state index contributed by atoms with van der Waals surface area (Å²) in [5.41, 5.74) is 0.681. The Labute approximate surface area is 109 Å². The Kier molecular flexibility index (Phi) is 3.92. The molecule has 1 aromatic rings. The smallest absolute Gasteiger partial charge is 0.242 e. The minimum absolute atomic E-state index is 0.106. The first-order chi connectivity index (χ1) is 8.54. The molecule has 0 spiro atoms. The fraction of sp³-hybridized carbons (Fsp3) is 0.538. The Morgan fingerprint density at radius 2 is 2.00 bits per heavy atom. The number of benzene rings is 1. The van der Waals surface area contributed by atoms with Crippen molar-refractivity contribution >= 4 is 15.7 Å². The van der Waals surface area contributed by atoms with Gasteiger partial charge in [0.15, 0.2) is 0 Å². The van der Waals surface area contributed by atoms with Gasteiger partial charge in [-0.05, 0) is 30.9 Å². The second-order valence-electron chi connectivity index (χ2n) is 4.86. The number of nitrogens with one attached hydrogen (secondary N) is 2. The van der Waals surface area contributed by atoms with Crippen molar-refractivity contribution in [1.29, 1.82) is 0 Å². The van der Waals surface area contributed by atoms with Crippen molar-refractivity contribution < 1.29 is 8.42 Å². The van der Waals surface area contributed by atoms with Gasteiger partial charge in [-0.1, -0.05) is 26.0 Å². The van der Waals surface area contributed by atoms with Gasteiger partial charge in [0.25, 0.3) is 0 Å². The summed E-state index contributed by atoms with van der Waals surface area (Å²) in [6.45, 7) is 4.87. The van der Waals surface area contributed by atoms with Gasteiger partial charge in [0.05, 0.1) is 5.69 Å². The quantitative estimate of drug-likeness (QED) is 0.831. The van der Waals surface area contributed by atoms with E-state index in [4.69, 9.17) is 0 Å². The lowest BCUT2D eigenvalue weighted by molar-refractivity contribution is 0.578. The van der Waals surface area contributed by atoms with Gasteiger partial charge in [-0.2, -0.15) is 0 Å². The van der Waals surface area contributed by atoms with E-state index in [9.17, 15) is 8.42 Å². The van der Waals surface area contributed by atoms with Crippen LogP contribution in [0.1, 0.15) is 26.7 Å².